The number of rotatable bonds is 3. The topological polar surface area (TPSA) is 42.5 Å². The molecule has 1 fully saturated rings. The van der Waals surface area contributed by atoms with Crippen LogP contribution >= 0.6 is 23.8 Å². The molecular weight excluding hydrogens is 296 g/mol. The molecule has 1 aromatic rings. The summed E-state index contributed by atoms with van der Waals surface area (Å²) in [5.41, 5.74) is 1.99. The second kappa shape index (κ2) is 6.26. The molecule has 0 saturated carbocycles. The predicted molar refractivity (Wildman–Crippen MR) is 85.3 cm³/mol. The maximum Gasteiger partial charge on any atom is 0.170 e. The highest BCUT2D eigenvalue weighted by Crippen LogP contribution is 2.22. The number of nitrogens with one attached hydrogen (secondary N) is 2. The number of ether oxygens (including phenoxy) is 2. The van der Waals surface area contributed by atoms with Gasteiger partial charge in [0.05, 0.1) is 6.61 Å². The minimum Gasteiger partial charge on any atom is -0.360 e. The summed E-state index contributed by atoms with van der Waals surface area (Å²) >= 11 is 11.2. The molecule has 1 heterocycles. The SMILES string of the molecule is Cc1cc(Cl)ccc1NC(=S)NCC1COC(C)(C)O1. The molecule has 0 spiro atoms. The average molecular weight is 315 g/mol. The normalized spacial score (nSPS) is 20.7. The van der Waals surface area contributed by atoms with Crippen molar-refractivity contribution in [1.82, 2.24) is 5.32 Å². The average Bonchev–Trinajstić information content (AvgIpc) is 2.70. The Hall–Kier alpha value is -0.880. The molecule has 20 heavy (non-hydrogen) atoms. The van der Waals surface area contributed by atoms with Gasteiger partial charge in [0.25, 0.3) is 0 Å². The molecule has 1 aliphatic heterocycles. The van der Waals surface area contributed by atoms with Gasteiger partial charge < -0.3 is 20.1 Å². The monoisotopic (exact) mass is 314 g/mol. The number of benzene rings is 1. The fourth-order valence-electron chi connectivity index (χ4n) is 2.00. The molecular formula is C14H19ClN2O2S. The highest BCUT2D eigenvalue weighted by atomic mass is 35.5. The number of hydrogen-bond acceptors (Lipinski definition) is 3. The van der Waals surface area contributed by atoms with Crippen LogP contribution in [0.1, 0.15) is 19.4 Å². The zero-order chi connectivity index (χ0) is 14.8. The second-order valence-electron chi connectivity index (χ2n) is 5.24. The van der Waals surface area contributed by atoms with Crippen molar-refractivity contribution in [3.8, 4) is 0 Å². The van der Waals surface area contributed by atoms with Crippen LogP contribution in [0.25, 0.3) is 0 Å². The third-order valence-electron chi connectivity index (χ3n) is 2.99. The lowest BCUT2D eigenvalue weighted by Crippen LogP contribution is -2.36. The molecule has 0 radical (unpaired) electrons. The van der Waals surface area contributed by atoms with Crippen LogP contribution in [0.4, 0.5) is 5.69 Å². The van der Waals surface area contributed by atoms with Crippen molar-refractivity contribution < 1.29 is 9.47 Å². The van der Waals surface area contributed by atoms with E-state index in [0.29, 0.717) is 23.3 Å². The van der Waals surface area contributed by atoms with Gasteiger partial charge in [-0.3, -0.25) is 0 Å². The molecule has 0 aromatic heterocycles. The Bertz CT molecular complexity index is 508. The van der Waals surface area contributed by atoms with Crippen LogP contribution in [0.2, 0.25) is 5.02 Å². The van der Waals surface area contributed by atoms with Crippen LogP contribution in [-0.2, 0) is 9.47 Å². The largest absolute Gasteiger partial charge is 0.360 e. The zero-order valence-corrected chi connectivity index (χ0v) is 13.4. The van der Waals surface area contributed by atoms with Crippen LogP contribution in [0, 0.1) is 6.92 Å². The van der Waals surface area contributed by atoms with Crippen LogP contribution in [0.15, 0.2) is 18.2 Å². The van der Waals surface area contributed by atoms with E-state index in [-0.39, 0.29) is 6.10 Å². The number of hydrogen-bond donors (Lipinski definition) is 2. The Morgan fingerprint density at radius 3 is 2.85 bits per heavy atom. The standard InChI is InChI=1S/C14H19ClN2O2S/c1-9-6-10(15)4-5-12(9)17-13(20)16-7-11-8-18-14(2,3)19-11/h4-6,11H,7-8H2,1-3H3,(H2,16,17,20). The van der Waals surface area contributed by atoms with Crippen molar-refractivity contribution in [2.75, 3.05) is 18.5 Å². The van der Waals surface area contributed by atoms with Gasteiger partial charge in [0.2, 0.25) is 0 Å². The molecule has 0 amide bonds. The lowest BCUT2D eigenvalue weighted by Gasteiger charge is -2.18. The van der Waals surface area contributed by atoms with Crippen molar-refractivity contribution in [2.45, 2.75) is 32.7 Å². The number of thiocarbonyl (C=S) groups is 1. The second-order valence-corrected chi connectivity index (χ2v) is 6.09. The summed E-state index contributed by atoms with van der Waals surface area (Å²) in [5, 5.41) is 7.56. The maximum atomic E-state index is 5.92. The van der Waals surface area contributed by atoms with Gasteiger partial charge in [-0.1, -0.05) is 11.6 Å². The summed E-state index contributed by atoms with van der Waals surface area (Å²) in [7, 11) is 0. The van der Waals surface area contributed by atoms with Crippen molar-refractivity contribution in [3.63, 3.8) is 0 Å². The molecule has 1 aliphatic rings. The first kappa shape index (κ1) is 15.5. The third-order valence-corrected chi connectivity index (χ3v) is 3.48. The Kier molecular flexibility index (Phi) is 4.86. The van der Waals surface area contributed by atoms with Gasteiger partial charge in [-0.2, -0.15) is 0 Å². The molecule has 2 rings (SSSR count). The maximum absolute atomic E-state index is 5.92. The molecule has 2 N–H and O–H groups in total. The van der Waals surface area contributed by atoms with Gasteiger partial charge in [-0.25, -0.2) is 0 Å². The first-order valence-corrected chi connectivity index (χ1v) is 7.27. The molecule has 4 nitrogen and oxygen atoms in total. The van der Waals surface area contributed by atoms with E-state index in [2.05, 4.69) is 10.6 Å². The smallest absolute Gasteiger partial charge is 0.170 e. The minimum atomic E-state index is -0.506. The number of aryl methyl sites for hydroxylation is 1. The van der Waals surface area contributed by atoms with Crippen LogP contribution in [0.5, 0.6) is 0 Å². The van der Waals surface area contributed by atoms with Crippen molar-refractivity contribution >= 4 is 34.6 Å². The summed E-state index contributed by atoms with van der Waals surface area (Å²) in [5.74, 6) is -0.506. The lowest BCUT2D eigenvalue weighted by atomic mass is 10.2. The number of anilines is 1. The molecule has 1 unspecified atom stereocenters. The molecule has 1 saturated heterocycles. The van der Waals surface area contributed by atoms with Gasteiger partial charge in [0, 0.05) is 17.3 Å². The minimum absolute atomic E-state index is 0.0102. The predicted octanol–water partition coefficient (Wildman–Crippen LogP) is 3.09. The van der Waals surface area contributed by atoms with Crippen LogP contribution < -0.4 is 10.6 Å². The summed E-state index contributed by atoms with van der Waals surface area (Å²) in [6.45, 7) is 6.97. The van der Waals surface area contributed by atoms with Gasteiger partial charge >= 0.3 is 0 Å². The summed E-state index contributed by atoms with van der Waals surface area (Å²) in [4.78, 5) is 0. The van der Waals surface area contributed by atoms with Gasteiger partial charge in [0.15, 0.2) is 10.9 Å². The summed E-state index contributed by atoms with van der Waals surface area (Å²) in [6.07, 6.45) is 0.0102. The van der Waals surface area contributed by atoms with E-state index in [1.54, 1.807) is 0 Å². The quantitative estimate of drug-likeness (QED) is 0.839. The Balaban J connectivity index is 1.81. The van der Waals surface area contributed by atoms with Crippen LogP contribution in [0.3, 0.4) is 0 Å². The molecule has 0 aliphatic carbocycles. The third kappa shape index (κ3) is 4.31. The highest BCUT2D eigenvalue weighted by molar-refractivity contribution is 7.80. The van der Waals surface area contributed by atoms with Crippen molar-refractivity contribution in [3.05, 3.63) is 28.8 Å². The molecule has 1 aromatic carbocycles. The fourth-order valence-corrected chi connectivity index (χ4v) is 2.42. The number of halogens is 1. The van der Waals surface area contributed by atoms with E-state index in [4.69, 9.17) is 33.3 Å². The first-order valence-electron chi connectivity index (χ1n) is 6.48. The fraction of sp³-hybridized carbons (Fsp3) is 0.500. The Morgan fingerprint density at radius 2 is 2.25 bits per heavy atom. The van der Waals surface area contributed by atoms with E-state index in [1.165, 1.54) is 0 Å². The lowest BCUT2D eigenvalue weighted by molar-refractivity contribution is -0.137. The molecule has 0 bridgehead atoms. The Morgan fingerprint density at radius 1 is 1.50 bits per heavy atom. The van der Waals surface area contributed by atoms with Crippen molar-refractivity contribution in [2.24, 2.45) is 0 Å². The molecule has 110 valence electrons. The van der Waals surface area contributed by atoms with E-state index < -0.39 is 5.79 Å². The summed E-state index contributed by atoms with van der Waals surface area (Å²) < 4.78 is 11.2. The van der Waals surface area contributed by atoms with E-state index in [9.17, 15) is 0 Å². The van der Waals surface area contributed by atoms with Crippen molar-refractivity contribution in [1.29, 1.82) is 0 Å². The van der Waals surface area contributed by atoms with E-state index >= 15 is 0 Å². The zero-order valence-electron chi connectivity index (χ0n) is 11.8. The van der Waals surface area contributed by atoms with Gasteiger partial charge in [-0.05, 0) is 56.8 Å². The summed E-state index contributed by atoms with van der Waals surface area (Å²) in [6, 6.07) is 5.63. The molecule has 6 heteroatoms. The van der Waals surface area contributed by atoms with Gasteiger partial charge in [-0.15, -0.1) is 0 Å². The van der Waals surface area contributed by atoms with Crippen LogP contribution in [-0.4, -0.2) is 30.2 Å². The molecule has 1 atom stereocenters. The first-order chi connectivity index (χ1) is 9.35. The highest BCUT2D eigenvalue weighted by Gasteiger charge is 2.32. The Labute approximate surface area is 129 Å². The van der Waals surface area contributed by atoms with E-state index in [1.807, 2.05) is 39.0 Å². The van der Waals surface area contributed by atoms with E-state index in [0.717, 1.165) is 11.3 Å². The van der Waals surface area contributed by atoms with Gasteiger partial charge in [0.1, 0.15) is 6.10 Å².